The van der Waals surface area contributed by atoms with Gasteiger partial charge in [0.05, 0.1) is 25.8 Å². The highest BCUT2D eigenvalue weighted by Gasteiger charge is 2.18. The summed E-state index contributed by atoms with van der Waals surface area (Å²) in [6.07, 6.45) is 2.62. The number of benzene rings is 1. The highest BCUT2D eigenvalue weighted by Crippen LogP contribution is 2.21. The fraction of sp³-hybridized carbons (Fsp3) is 0.467. The first kappa shape index (κ1) is 16.0. The second-order valence-corrected chi connectivity index (χ2v) is 4.38. The smallest absolute Gasteiger partial charge is 0.309 e. The average molecular weight is 279 g/mol. The van der Waals surface area contributed by atoms with Gasteiger partial charge in [0.25, 0.3) is 0 Å². The number of nitrogens with zero attached hydrogens (tertiary/aromatic N) is 1. The van der Waals surface area contributed by atoms with Gasteiger partial charge in [0.15, 0.2) is 0 Å². The number of oxime groups is 1. The molecule has 1 atom stereocenters. The first-order valence-corrected chi connectivity index (χ1v) is 6.67. The Morgan fingerprint density at radius 2 is 2.20 bits per heavy atom. The number of esters is 1. The predicted octanol–water partition coefficient (Wildman–Crippen LogP) is 2.64. The summed E-state index contributed by atoms with van der Waals surface area (Å²) in [5.41, 5.74) is 1.65. The molecule has 1 unspecified atom stereocenters. The highest BCUT2D eigenvalue weighted by atomic mass is 16.5. The molecule has 0 aliphatic carbocycles. The van der Waals surface area contributed by atoms with Gasteiger partial charge in [0, 0.05) is 5.56 Å². The van der Waals surface area contributed by atoms with Crippen molar-refractivity contribution in [3.8, 4) is 5.75 Å². The van der Waals surface area contributed by atoms with Crippen LogP contribution in [0.2, 0.25) is 0 Å². The molecule has 5 nitrogen and oxygen atoms in total. The lowest BCUT2D eigenvalue weighted by Crippen LogP contribution is -2.19. The molecule has 1 rings (SSSR count). The largest absolute Gasteiger partial charge is 0.496 e. The molecule has 0 bridgehead atoms. The maximum absolute atomic E-state index is 11.8. The summed E-state index contributed by atoms with van der Waals surface area (Å²) in [5.74, 6) is 0.279. The summed E-state index contributed by atoms with van der Waals surface area (Å²) in [7, 11) is 1.55. The Balaban J connectivity index is 2.91. The Morgan fingerprint density at radius 1 is 1.45 bits per heavy atom. The van der Waals surface area contributed by atoms with E-state index in [1.54, 1.807) is 20.1 Å². The van der Waals surface area contributed by atoms with Crippen LogP contribution in [0.5, 0.6) is 5.75 Å². The molecule has 0 fully saturated rings. The topological polar surface area (TPSA) is 68.1 Å². The van der Waals surface area contributed by atoms with Crippen LogP contribution in [0, 0.1) is 5.92 Å². The summed E-state index contributed by atoms with van der Waals surface area (Å²) in [5, 5.41) is 11.7. The van der Waals surface area contributed by atoms with Crippen LogP contribution in [0.3, 0.4) is 0 Å². The lowest BCUT2D eigenvalue weighted by atomic mass is 9.96. The fourth-order valence-corrected chi connectivity index (χ4v) is 2.01. The molecule has 110 valence electrons. The third kappa shape index (κ3) is 4.26. The van der Waals surface area contributed by atoms with Gasteiger partial charge < -0.3 is 14.7 Å². The highest BCUT2D eigenvalue weighted by molar-refractivity contribution is 5.83. The quantitative estimate of drug-likeness (QED) is 0.360. The van der Waals surface area contributed by atoms with Crippen molar-refractivity contribution < 1.29 is 19.5 Å². The Labute approximate surface area is 119 Å². The lowest BCUT2D eigenvalue weighted by Gasteiger charge is -2.14. The van der Waals surface area contributed by atoms with Crippen molar-refractivity contribution in [1.29, 1.82) is 0 Å². The SMILES string of the molecule is CCOC(=O)C(CC)Cc1ccc(OC)c(/C=N\O)c1. The average Bonchev–Trinajstić information content (AvgIpc) is 2.45. The Hall–Kier alpha value is -2.04. The lowest BCUT2D eigenvalue weighted by molar-refractivity contribution is -0.148. The van der Waals surface area contributed by atoms with Gasteiger partial charge in [-0.1, -0.05) is 18.1 Å². The van der Waals surface area contributed by atoms with Crippen molar-refractivity contribution in [3.05, 3.63) is 29.3 Å². The predicted molar refractivity (Wildman–Crippen MR) is 76.5 cm³/mol. The van der Waals surface area contributed by atoms with E-state index in [4.69, 9.17) is 14.7 Å². The van der Waals surface area contributed by atoms with Gasteiger partial charge in [0.1, 0.15) is 5.75 Å². The normalized spacial score (nSPS) is 12.3. The van der Waals surface area contributed by atoms with Crippen LogP contribution in [0.4, 0.5) is 0 Å². The Bertz CT molecular complexity index is 471. The molecule has 0 aliphatic rings. The molecule has 0 saturated carbocycles. The van der Waals surface area contributed by atoms with Crippen molar-refractivity contribution in [2.24, 2.45) is 11.1 Å². The van der Waals surface area contributed by atoms with Crippen molar-refractivity contribution >= 4 is 12.2 Å². The molecule has 1 aromatic rings. The first-order chi connectivity index (χ1) is 9.65. The van der Waals surface area contributed by atoms with Gasteiger partial charge in [-0.05, 0) is 37.5 Å². The Kier molecular flexibility index (Phi) is 6.56. The minimum Gasteiger partial charge on any atom is -0.496 e. The number of methoxy groups -OCH3 is 1. The summed E-state index contributed by atoms with van der Waals surface area (Å²) < 4.78 is 10.2. The van der Waals surface area contributed by atoms with Crippen LogP contribution >= 0.6 is 0 Å². The molecule has 0 aromatic heterocycles. The molecule has 1 aromatic carbocycles. The van der Waals surface area contributed by atoms with Gasteiger partial charge in [-0.25, -0.2) is 0 Å². The Morgan fingerprint density at radius 3 is 2.75 bits per heavy atom. The van der Waals surface area contributed by atoms with E-state index in [1.807, 2.05) is 19.1 Å². The number of ether oxygens (including phenoxy) is 2. The van der Waals surface area contributed by atoms with E-state index in [2.05, 4.69) is 5.16 Å². The number of rotatable bonds is 7. The van der Waals surface area contributed by atoms with Gasteiger partial charge in [-0.15, -0.1) is 0 Å². The number of hydrogen-bond donors (Lipinski definition) is 1. The number of hydrogen-bond acceptors (Lipinski definition) is 5. The van der Waals surface area contributed by atoms with Crippen LogP contribution in [0.1, 0.15) is 31.4 Å². The maximum atomic E-state index is 11.8. The standard InChI is InChI=1S/C15H21NO4/c1-4-12(15(17)20-5-2)8-11-6-7-14(19-3)13(9-11)10-16-18/h6-7,9-10,12,18H,4-5,8H2,1-3H3/b16-10-. The second-order valence-electron chi connectivity index (χ2n) is 4.38. The van der Waals surface area contributed by atoms with Crippen LogP contribution < -0.4 is 4.74 Å². The van der Waals surface area contributed by atoms with E-state index in [0.29, 0.717) is 30.8 Å². The molecule has 0 aliphatic heterocycles. The third-order valence-corrected chi connectivity index (χ3v) is 3.09. The van der Waals surface area contributed by atoms with Gasteiger partial charge in [-0.3, -0.25) is 4.79 Å². The molecule has 0 heterocycles. The molecule has 0 saturated heterocycles. The van der Waals surface area contributed by atoms with Crippen LogP contribution in [0.15, 0.2) is 23.4 Å². The summed E-state index contributed by atoms with van der Waals surface area (Å²) in [4.78, 5) is 11.8. The van der Waals surface area contributed by atoms with Gasteiger partial charge in [-0.2, -0.15) is 0 Å². The summed E-state index contributed by atoms with van der Waals surface area (Å²) >= 11 is 0. The number of carbonyl (C=O) groups excluding carboxylic acids is 1. The van der Waals surface area contributed by atoms with Gasteiger partial charge in [0.2, 0.25) is 0 Å². The fourth-order valence-electron chi connectivity index (χ4n) is 2.01. The van der Waals surface area contributed by atoms with Crippen LogP contribution in [-0.4, -0.2) is 31.1 Å². The first-order valence-electron chi connectivity index (χ1n) is 6.67. The minimum atomic E-state index is -0.178. The van der Waals surface area contributed by atoms with Crippen LogP contribution in [-0.2, 0) is 16.0 Å². The summed E-state index contributed by atoms with van der Waals surface area (Å²) in [6.45, 7) is 4.15. The summed E-state index contributed by atoms with van der Waals surface area (Å²) in [6, 6.07) is 5.54. The zero-order valence-corrected chi connectivity index (χ0v) is 12.1. The third-order valence-electron chi connectivity index (χ3n) is 3.09. The van der Waals surface area contributed by atoms with E-state index >= 15 is 0 Å². The molecule has 1 N–H and O–H groups in total. The molecular formula is C15H21NO4. The molecule has 0 amide bonds. The molecule has 5 heteroatoms. The van der Waals surface area contributed by atoms with Crippen molar-refractivity contribution in [3.63, 3.8) is 0 Å². The number of carbonyl (C=O) groups is 1. The van der Waals surface area contributed by atoms with Crippen molar-refractivity contribution in [2.75, 3.05) is 13.7 Å². The second kappa shape index (κ2) is 8.19. The van der Waals surface area contributed by atoms with E-state index < -0.39 is 0 Å². The van der Waals surface area contributed by atoms with Crippen LogP contribution in [0.25, 0.3) is 0 Å². The molecular weight excluding hydrogens is 258 g/mol. The minimum absolute atomic E-state index is 0.165. The molecule has 20 heavy (non-hydrogen) atoms. The van der Waals surface area contributed by atoms with E-state index in [-0.39, 0.29) is 11.9 Å². The van der Waals surface area contributed by atoms with Crippen molar-refractivity contribution in [2.45, 2.75) is 26.7 Å². The zero-order chi connectivity index (χ0) is 15.0. The molecule has 0 radical (unpaired) electrons. The molecule has 0 spiro atoms. The zero-order valence-electron chi connectivity index (χ0n) is 12.1. The van der Waals surface area contributed by atoms with E-state index in [0.717, 1.165) is 5.56 Å². The van der Waals surface area contributed by atoms with Gasteiger partial charge >= 0.3 is 5.97 Å². The van der Waals surface area contributed by atoms with Crippen molar-refractivity contribution in [1.82, 2.24) is 0 Å². The maximum Gasteiger partial charge on any atom is 0.309 e. The van der Waals surface area contributed by atoms with E-state index in [1.165, 1.54) is 6.21 Å². The van der Waals surface area contributed by atoms with E-state index in [9.17, 15) is 4.79 Å². The monoisotopic (exact) mass is 279 g/mol.